The van der Waals surface area contributed by atoms with Gasteiger partial charge in [0.15, 0.2) is 6.61 Å². The van der Waals surface area contributed by atoms with Crippen LogP contribution in [0.3, 0.4) is 0 Å². The molecule has 2 aliphatic rings. The molecule has 0 aliphatic carbocycles. The molecule has 1 aromatic carbocycles. The van der Waals surface area contributed by atoms with Crippen molar-refractivity contribution in [3.63, 3.8) is 0 Å². The number of esters is 1. The largest absolute Gasteiger partial charge is 0.467 e. The Morgan fingerprint density at radius 1 is 1.16 bits per heavy atom. The maximum atomic E-state index is 12.9. The molecule has 0 bridgehead atoms. The van der Waals surface area contributed by atoms with Crippen LogP contribution in [0.4, 0.5) is 0 Å². The lowest BCUT2D eigenvalue weighted by molar-refractivity contribution is -0.155. The summed E-state index contributed by atoms with van der Waals surface area (Å²) in [5.41, 5.74) is 1.55. The molecule has 1 atom stereocenters. The van der Waals surface area contributed by atoms with Gasteiger partial charge in [0.25, 0.3) is 5.91 Å². The van der Waals surface area contributed by atoms with Crippen molar-refractivity contribution < 1.29 is 23.5 Å². The summed E-state index contributed by atoms with van der Waals surface area (Å²) in [5, 5.41) is 6.39. The summed E-state index contributed by atoms with van der Waals surface area (Å²) in [6.45, 7) is -0.0776. The molecule has 0 radical (unpaired) electrons. The number of carbonyl (C=O) groups is 3. The molecule has 0 unspecified atom stereocenters. The fraction of sp³-hybridized carbons (Fsp3) is 0.391. The number of rotatable bonds is 6. The Morgan fingerprint density at radius 3 is 2.72 bits per heavy atom. The first-order valence-corrected chi connectivity index (χ1v) is 11.0. The minimum absolute atomic E-state index is 0.0552. The van der Waals surface area contributed by atoms with Crippen molar-refractivity contribution in [3.8, 4) is 0 Å². The molecular formula is C23H24ClN3O5. The smallest absolute Gasteiger partial charge is 0.326 e. The van der Waals surface area contributed by atoms with Crippen LogP contribution in [0, 0.1) is 0 Å². The summed E-state index contributed by atoms with van der Waals surface area (Å²) in [7, 11) is 0. The molecule has 0 spiro atoms. The molecule has 0 saturated carbocycles. The Morgan fingerprint density at radius 2 is 1.97 bits per heavy atom. The highest BCUT2D eigenvalue weighted by Gasteiger charge is 2.35. The van der Waals surface area contributed by atoms with Crippen LogP contribution in [0.1, 0.15) is 49.5 Å². The zero-order valence-corrected chi connectivity index (χ0v) is 18.3. The molecule has 1 saturated heterocycles. The second-order valence-corrected chi connectivity index (χ2v) is 8.25. The normalized spacial score (nSPS) is 19.0. The molecule has 0 N–H and O–H groups in total. The second-order valence-electron chi connectivity index (χ2n) is 7.81. The van der Waals surface area contributed by atoms with E-state index < -0.39 is 24.5 Å². The molecule has 3 heterocycles. The number of hydrazone groups is 1. The summed E-state index contributed by atoms with van der Waals surface area (Å²) in [5.74, 6) is -0.539. The summed E-state index contributed by atoms with van der Waals surface area (Å²) < 4.78 is 10.7. The first-order valence-electron chi connectivity index (χ1n) is 10.6. The molecule has 2 aromatic rings. The van der Waals surface area contributed by atoms with Crippen LogP contribution in [-0.4, -0.2) is 53.1 Å². The van der Waals surface area contributed by atoms with Crippen molar-refractivity contribution in [3.05, 3.63) is 59.0 Å². The number of likely N-dealkylation sites (tertiary alicyclic amines) is 1. The van der Waals surface area contributed by atoms with E-state index in [0.29, 0.717) is 35.9 Å². The maximum absolute atomic E-state index is 12.9. The van der Waals surface area contributed by atoms with Gasteiger partial charge in [-0.15, -0.1) is 0 Å². The third-order valence-corrected chi connectivity index (χ3v) is 5.81. The number of benzene rings is 1. The van der Waals surface area contributed by atoms with E-state index in [1.807, 2.05) is 12.1 Å². The van der Waals surface area contributed by atoms with E-state index in [4.69, 9.17) is 20.8 Å². The minimum Gasteiger partial charge on any atom is -0.467 e. The highest BCUT2D eigenvalue weighted by atomic mass is 35.5. The van der Waals surface area contributed by atoms with Gasteiger partial charge in [-0.25, -0.2) is 5.01 Å². The third-order valence-electron chi connectivity index (χ3n) is 5.56. The lowest BCUT2D eigenvalue weighted by Crippen LogP contribution is -2.37. The van der Waals surface area contributed by atoms with E-state index in [2.05, 4.69) is 5.10 Å². The number of hydrogen-bond acceptors (Lipinski definition) is 6. The number of nitrogens with zero attached hydrogens (tertiary/aromatic N) is 3. The van der Waals surface area contributed by atoms with Gasteiger partial charge >= 0.3 is 5.97 Å². The highest BCUT2D eigenvalue weighted by molar-refractivity contribution is 6.30. The quantitative estimate of drug-likeness (QED) is 0.618. The number of hydrogen-bond donors (Lipinski definition) is 0. The standard InChI is InChI=1S/C23H24ClN3O5/c24-17-9-7-16(8-10-17)18-13-19(20-5-4-12-31-20)27(25-18)22(29)15-32-23(30)14-26-11-3-1-2-6-21(26)28/h4-5,7-10,12,19H,1-3,6,11,13-15H2/t19-/m0/s1. The predicted molar refractivity (Wildman–Crippen MR) is 117 cm³/mol. The van der Waals surface area contributed by atoms with Crippen LogP contribution in [0.15, 0.2) is 52.2 Å². The van der Waals surface area contributed by atoms with Gasteiger partial charge < -0.3 is 14.1 Å². The first-order chi connectivity index (χ1) is 15.5. The van der Waals surface area contributed by atoms with E-state index in [1.165, 1.54) is 16.2 Å². The van der Waals surface area contributed by atoms with Gasteiger partial charge in [0.2, 0.25) is 5.91 Å². The van der Waals surface area contributed by atoms with Gasteiger partial charge in [-0.3, -0.25) is 14.4 Å². The molecule has 168 valence electrons. The lowest BCUT2D eigenvalue weighted by atomic mass is 10.0. The predicted octanol–water partition coefficient (Wildman–Crippen LogP) is 3.56. The molecule has 4 rings (SSSR count). The Bertz CT molecular complexity index is 1000. The zero-order chi connectivity index (χ0) is 22.5. The van der Waals surface area contributed by atoms with E-state index in [0.717, 1.165) is 24.8 Å². The van der Waals surface area contributed by atoms with Crippen molar-refractivity contribution in [1.82, 2.24) is 9.91 Å². The Hall–Kier alpha value is -3.13. The van der Waals surface area contributed by atoms with E-state index in [9.17, 15) is 14.4 Å². The summed E-state index contributed by atoms with van der Waals surface area (Å²) in [6.07, 6.45) is 5.09. The topological polar surface area (TPSA) is 92.4 Å². The van der Waals surface area contributed by atoms with Crippen molar-refractivity contribution in [2.24, 2.45) is 5.10 Å². The van der Waals surface area contributed by atoms with Crippen molar-refractivity contribution in [2.75, 3.05) is 19.7 Å². The highest BCUT2D eigenvalue weighted by Crippen LogP contribution is 2.33. The maximum Gasteiger partial charge on any atom is 0.326 e. The zero-order valence-electron chi connectivity index (χ0n) is 17.5. The van der Waals surface area contributed by atoms with Crippen LogP contribution in [0.5, 0.6) is 0 Å². The Balaban J connectivity index is 1.42. The monoisotopic (exact) mass is 457 g/mol. The molecule has 1 fully saturated rings. The third kappa shape index (κ3) is 5.19. The molecule has 32 heavy (non-hydrogen) atoms. The van der Waals surface area contributed by atoms with Gasteiger partial charge in [0.1, 0.15) is 18.3 Å². The van der Waals surface area contributed by atoms with Crippen molar-refractivity contribution in [2.45, 2.75) is 38.1 Å². The van der Waals surface area contributed by atoms with Gasteiger partial charge in [0, 0.05) is 24.4 Å². The van der Waals surface area contributed by atoms with E-state index in [-0.39, 0.29) is 12.5 Å². The number of amides is 2. The number of furan rings is 1. The lowest BCUT2D eigenvalue weighted by Gasteiger charge is -2.21. The van der Waals surface area contributed by atoms with Crippen LogP contribution < -0.4 is 0 Å². The van der Waals surface area contributed by atoms with Gasteiger partial charge in [-0.1, -0.05) is 30.2 Å². The average molecular weight is 458 g/mol. The van der Waals surface area contributed by atoms with E-state index in [1.54, 1.807) is 24.3 Å². The molecule has 2 amide bonds. The summed E-state index contributed by atoms with van der Waals surface area (Å²) in [4.78, 5) is 38.7. The fourth-order valence-electron chi connectivity index (χ4n) is 3.88. The van der Waals surface area contributed by atoms with Crippen LogP contribution >= 0.6 is 11.6 Å². The van der Waals surface area contributed by atoms with Crippen LogP contribution in [0.2, 0.25) is 5.02 Å². The molecule has 8 nitrogen and oxygen atoms in total. The molecule has 9 heteroatoms. The van der Waals surface area contributed by atoms with Crippen molar-refractivity contribution in [1.29, 1.82) is 0 Å². The number of ether oxygens (including phenoxy) is 1. The minimum atomic E-state index is -0.607. The van der Waals surface area contributed by atoms with Crippen molar-refractivity contribution >= 4 is 35.1 Å². The van der Waals surface area contributed by atoms with Crippen LogP contribution in [-0.2, 0) is 19.1 Å². The second kappa shape index (κ2) is 9.99. The average Bonchev–Trinajstić information content (AvgIpc) is 3.43. The Labute approximate surface area is 190 Å². The number of halogens is 1. The first kappa shape index (κ1) is 22.1. The molecule has 1 aromatic heterocycles. The van der Waals surface area contributed by atoms with Gasteiger partial charge in [0.05, 0.1) is 12.0 Å². The Kier molecular flexibility index (Phi) is 6.90. The number of carbonyl (C=O) groups excluding carboxylic acids is 3. The van der Waals surface area contributed by atoms with E-state index >= 15 is 0 Å². The van der Waals surface area contributed by atoms with Gasteiger partial charge in [-0.2, -0.15) is 5.10 Å². The molecule has 2 aliphatic heterocycles. The summed E-state index contributed by atoms with van der Waals surface area (Å²) >= 11 is 5.97. The summed E-state index contributed by atoms with van der Waals surface area (Å²) in [6, 6.07) is 10.3. The fourth-order valence-corrected chi connectivity index (χ4v) is 4.00. The van der Waals surface area contributed by atoms with Crippen LogP contribution in [0.25, 0.3) is 0 Å². The SMILES string of the molecule is O=C(CN1CCCCCC1=O)OCC(=O)N1N=C(c2ccc(Cl)cc2)C[C@H]1c1ccco1. The van der Waals surface area contributed by atoms with Gasteiger partial charge in [-0.05, 0) is 42.7 Å². The molecular weight excluding hydrogens is 434 g/mol.